The van der Waals surface area contributed by atoms with E-state index in [2.05, 4.69) is 10.5 Å². The molecule has 1 saturated heterocycles. The lowest BCUT2D eigenvalue weighted by atomic mass is 10.1. The molecule has 126 valence electrons. The quantitative estimate of drug-likeness (QED) is 0.796. The topological polar surface area (TPSA) is 75.4 Å². The predicted octanol–water partition coefficient (Wildman–Crippen LogP) is 3.17. The van der Waals surface area contributed by atoms with E-state index in [1.807, 2.05) is 18.4 Å². The van der Waals surface area contributed by atoms with Gasteiger partial charge in [-0.25, -0.2) is 4.79 Å². The van der Waals surface area contributed by atoms with E-state index in [0.29, 0.717) is 22.9 Å². The highest BCUT2D eigenvalue weighted by Gasteiger charge is 2.38. The van der Waals surface area contributed by atoms with Crippen molar-refractivity contribution < 1.29 is 14.1 Å². The molecule has 2 aromatic rings. The zero-order valence-electron chi connectivity index (χ0n) is 13.0. The number of nitrogens with one attached hydrogen (secondary N) is 1. The Labute approximate surface area is 148 Å². The van der Waals surface area contributed by atoms with Crippen LogP contribution in [0.3, 0.4) is 0 Å². The van der Waals surface area contributed by atoms with Gasteiger partial charge in [-0.2, -0.15) is 11.8 Å². The summed E-state index contributed by atoms with van der Waals surface area (Å²) >= 11 is 7.50. The largest absolute Gasteiger partial charge is 0.359 e. The number of rotatable bonds is 6. The molecule has 3 amide bonds. The number of imide groups is 1. The van der Waals surface area contributed by atoms with Crippen LogP contribution in [0, 0.1) is 0 Å². The lowest BCUT2D eigenvalue weighted by Gasteiger charge is -2.10. The maximum Gasteiger partial charge on any atom is 0.325 e. The third-order valence-electron chi connectivity index (χ3n) is 3.73. The molecule has 1 aliphatic rings. The van der Waals surface area contributed by atoms with Gasteiger partial charge in [-0.3, -0.25) is 9.69 Å². The second kappa shape index (κ2) is 7.27. The van der Waals surface area contributed by atoms with Crippen LogP contribution in [0.2, 0.25) is 5.02 Å². The van der Waals surface area contributed by atoms with Gasteiger partial charge in [-0.15, -0.1) is 0 Å². The third kappa shape index (κ3) is 3.57. The first-order chi connectivity index (χ1) is 11.6. The van der Waals surface area contributed by atoms with E-state index in [0.717, 1.165) is 16.2 Å². The maximum atomic E-state index is 12.3. The fourth-order valence-corrected chi connectivity index (χ4v) is 3.06. The van der Waals surface area contributed by atoms with Crippen LogP contribution in [0.5, 0.6) is 0 Å². The number of benzene rings is 1. The molecule has 0 aliphatic carbocycles. The van der Waals surface area contributed by atoms with Crippen LogP contribution >= 0.6 is 23.4 Å². The molecule has 6 nitrogen and oxygen atoms in total. The minimum absolute atomic E-state index is 0.0705. The average molecular weight is 366 g/mol. The fourth-order valence-electron chi connectivity index (χ4n) is 2.46. The molecule has 0 spiro atoms. The van der Waals surface area contributed by atoms with Gasteiger partial charge >= 0.3 is 6.03 Å². The van der Waals surface area contributed by atoms with Crippen molar-refractivity contribution in [2.24, 2.45) is 0 Å². The Morgan fingerprint density at radius 1 is 1.33 bits per heavy atom. The number of urea groups is 1. The highest BCUT2D eigenvalue weighted by Crippen LogP contribution is 2.23. The van der Waals surface area contributed by atoms with Crippen molar-refractivity contribution in [2.45, 2.75) is 19.0 Å². The fraction of sp³-hybridized carbons (Fsp3) is 0.312. The van der Waals surface area contributed by atoms with Gasteiger partial charge in [0.15, 0.2) is 5.76 Å². The van der Waals surface area contributed by atoms with Gasteiger partial charge in [-0.1, -0.05) is 28.9 Å². The van der Waals surface area contributed by atoms with Crippen LogP contribution in [0.15, 0.2) is 34.9 Å². The smallest absolute Gasteiger partial charge is 0.325 e. The normalized spacial score (nSPS) is 17.4. The molecule has 1 N–H and O–H groups in total. The molecule has 24 heavy (non-hydrogen) atoms. The van der Waals surface area contributed by atoms with E-state index < -0.39 is 12.1 Å². The van der Waals surface area contributed by atoms with Crippen molar-refractivity contribution in [3.05, 3.63) is 41.1 Å². The Bertz CT molecular complexity index is 747. The average Bonchev–Trinajstić information content (AvgIpc) is 3.14. The molecule has 3 rings (SSSR count). The summed E-state index contributed by atoms with van der Waals surface area (Å²) in [7, 11) is 0. The minimum atomic E-state index is -0.455. The monoisotopic (exact) mass is 365 g/mol. The van der Waals surface area contributed by atoms with Gasteiger partial charge in [0.2, 0.25) is 0 Å². The molecular weight excluding hydrogens is 350 g/mol. The van der Waals surface area contributed by atoms with Gasteiger partial charge in [-0.05, 0) is 30.6 Å². The first kappa shape index (κ1) is 16.9. The molecule has 1 aromatic carbocycles. The number of hydrogen-bond donors (Lipinski definition) is 1. The molecule has 1 aromatic heterocycles. The van der Waals surface area contributed by atoms with Crippen LogP contribution in [-0.2, 0) is 11.3 Å². The Hall–Kier alpha value is -1.99. The van der Waals surface area contributed by atoms with Crippen molar-refractivity contribution in [3.63, 3.8) is 0 Å². The van der Waals surface area contributed by atoms with Crippen LogP contribution in [0.1, 0.15) is 12.2 Å². The summed E-state index contributed by atoms with van der Waals surface area (Å²) in [5, 5.41) is 7.32. The van der Waals surface area contributed by atoms with Gasteiger partial charge < -0.3 is 9.84 Å². The number of hydrogen-bond acceptors (Lipinski definition) is 5. The molecule has 2 heterocycles. The zero-order chi connectivity index (χ0) is 17.1. The molecule has 8 heteroatoms. The minimum Gasteiger partial charge on any atom is -0.359 e. The van der Waals surface area contributed by atoms with Crippen LogP contribution in [-0.4, -0.2) is 40.0 Å². The molecular formula is C16H16ClN3O3S. The summed E-state index contributed by atoms with van der Waals surface area (Å²) < 4.78 is 5.26. The summed E-state index contributed by atoms with van der Waals surface area (Å²) in [6.45, 7) is 0.0705. The Kier molecular flexibility index (Phi) is 5.11. The summed E-state index contributed by atoms with van der Waals surface area (Å²) in [5.41, 5.74) is 1.48. The highest BCUT2D eigenvalue weighted by atomic mass is 35.5. The Morgan fingerprint density at radius 3 is 2.79 bits per heavy atom. The number of nitrogens with zero attached hydrogens (tertiary/aromatic N) is 2. The molecule has 0 saturated carbocycles. The number of aromatic nitrogens is 1. The summed E-state index contributed by atoms with van der Waals surface area (Å²) in [5.74, 6) is 1.04. The standard InChI is InChI=1S/C16H16ClN3O3S/c1-24-7-6-13-15(21)20(16(22)18-13)9-12-8-14(19-23-12)10-2-4-11(17)5-3-10/h2-5,8,13H,6-7,9H2,1H3,(H,18,22). The first-order valence-electron chi connectivity index (χ1n) is 7.41. The Morgan fingerprint density at radius 2 is 2.08 bits per heavy atom. The zero-order valence-corrected chi connectivity index (χ0v) is 14.6. The second-order valence-electron chi connectivity index (χ2n) is 5.39. The first-order valence-corrected chi connectivity index (χ1v) is 9.18. The summed E-state index contributed by atoms with van der Waals surface area (Å²) in [6.07, 6.45) is 2.58. The van der Waals surface area contributed by atoms with Crippen molar-refractivity contribution >= 4 is 35.3 Å². The van der Waals surface area contributed by atoms with E-state index in [1.54, 1.807) is 30.0 Å². The Balaban J connectivity index is 1.69. The summed E-state index contributed by atoms with van der Waals surface area (Å²) in [4.78, 5) is 25.4. The molecule has 0 radical (unpaired) electrons. The molecule has 1 aliphatic heterocycles. The lowest BCUT2D eigenvalue weighted by Crippen LogP contribution is -2.31. The van der Waals surface area contributed by atoms with Crippen molar-refractivity contribution in [3.8, 4) is 11.3 Å². The highest BCUT2D eigenvalue weighted by molar-refractivity contribution is 7.98. The molecule has 0 bridgehead atoms. The van der Waals surface area contributed by atoms with Crippen molar-refractivity contribution in [1.82, 2.24) is 15.4 Å². The second-order valence-corrected chi connectivity index (χ2v) is 6.82. The van der Waals surface area contributed by atoms with E-state index in [9.17, 15) is 9.59 Å². The van der Waals surface area contributed by atoms with E-state index in [1.165, 1.54) is 0 Å². The molecule has 1 atom stereocenters. The van der Waals surface area contributed by atoms with E-state index in [4.69, 9.17) is 16.1 Å². The van der Waals surface area contributed by atoms with Gasteiger partial charge in [0.25, 0.3) is 5.91 Å². The van der Waals surface area contributed by atoms with E-state index >= 15 is 0 Å². The van der Waals surface area contributed by atoms with Gasteiger partial charge in [0.1, 0.15) is 11.7 Å². The van der Waals surface area contributed by atoms with Crippen molar-refractivity contribution in [1.29, 1.82) is 0 Å². The number of carbonyl (C=O) groups is 2. The number of halogens is 1. The van der Waals surface area contributed by atoms with Crippen molar-refractivity contribution in [2.75, 3.05) is 12.0 Å². The van der Waals surface area contributed by atoms with Crippen LogP contribution in [0.25, 0.3) is 11.3 Å². The van der Waals surface area contributed by atoms with E-state index in [-0.39, 0.29) is 12.5 Å². The third-order valence-corrected chi connectivity index (χ3v) is 4.63. The predicted molar refractivity (Wildman–Crippen MR) is 92.8 cm³/mol. The number of amides is 3. The van der Waals surface area contributed by atoms with Gasteiger partial charge in [0.05, 0.1) is 6.54 Å². The molecule has 1 fully saturated rings. The van der Waals surface area contributed by atoms with Crippen LogP contribution < -0.4 is 5.32 Å². The number of thioether (sulfide) groups is 1. The number of carbonyl (C=O) groups excluding carboxylic acids is 2. The lowest BCUT2D eigenvalue weighted by molar-refractivity contribution is -0.128. The SMILES string of the molecule is CSCCC1NC(=O)N(Cc2cc(-c3ccc(Cl)cc3)no2)C1=O. The van der Waals surface area contributed by atoms with Gasteiger partial charge in [0, 0.05) is 16.7 Å². The molecule has 1 unspecified atom stereocenters. The van der Waals surface area contributed by atoms with Crippen LogP contribution in [0.4, 0.5) is 4.79 Å². The summed E-state index contributed by atoms with van der Waals surface area (Å²) in [6, 6.07) is 8.06. The maximum absolute atomic E-state index is 12.3.